The third kappa shape index (κ3) is 9.64. The van der Waals surface area contributed by atoms with Crippen LogP contribution in [0.4, 0.5) is 19.7 Å². The molecule has 4 amide bonds. The zero-order valence-electron chi connectivity index (χ0n) is 38.8. The Morgan fingerprint density at radius 3 is 1.38 bits per heavy atom. The molecule has 6 atom stereocenters. The molecular formula is C52H62FN7O6. The number of hydrogen-bond donors (Lipinski definition) is 2. The highest BCUT2D eigenvalue weighted by Crippen LogP contribution is 2.47. The van der Waals surface area contributed by atoms with Gasteiger partial charge in [0.2, 0.25) is 11.8 Å². The number of anilines is 1. The molecule has 14 heteroatoms. The van der Waals surface area contributed by atoms with E-state index >= 15 is 0 Å². The van der Waals surface area contributed by atoms with E-state index in [9.17, 15) is 23.6 Å². The molecule has 0 aromatic heterocycles. The summed E-state index contributed by atoms with van der Waals surface area (Å²) in [5, 5.41) is 5.46. The van der Waals surface area contributed by atoms with E-state index in [0.29, 0.717) is 25.9 Å². The van der Waals surface area contributed by atoms with Crippen molar-refractivity contribution in [3.05, 3.63) is 113 Å². The third-order valence-electron chi connectivity index (χ3n) is 14.0. The quantitative estimate of drug-likeness (QED) is 0.174. The number of halogens is 1. The molecule has 66 heavy (non-hydrogen) atoms. The zero-order chi connectivity index (χ0) is 46.6. The molecule has 3 saturated heterocycles. The zero-order valence-corrected chi connectivity index (χ0v) is 38.8. The van der Waals surface area contributed by atoms with E-state index in [4.69, 9.17) is 19.5 Å². The maximum atomic E-state index is 14.3. The summed E-state index contributed by atoms with van der Waals surface area (Å²) in [6.45, 7) is 8.90. The third-order valence-corrected chi connectivity index (χ3v) is 14.0. The number of ether oxygens (including phenoxy) is 2. The molecule has 5 heterocycles. The second kappa shape index (κ2) is 20.1. The van der Waals surface area contributed by atoms with Crippen molar-refractivity contribution in [2.75, 3.05) is 32.2 Å². The van der Waals surface area contributed by atoms with Gasteiger partial charge in [0.1, 0.15) is 17.9 Å². The maximum Gasteiger partial charge on any atom is 0.407 e. The fourth-order valence-corrected chi connectivity index (χ4v) is 10.4. The first-order valence-corrected chi connectivity index (χ1v) is 23.4. The average molecular weight is 900 g/mol. The van der Waals surface area contributed by atoms with Gasteiger partial charge in [0.05, 0.1) is 38.4 Å². The molecule has 0 unspecified atom stereocenters. The molecule has 3 aromatic carbocycles. The van der Waals surface area contributed by atoms with Gasteiger partial charge in [0, 0.05) is 55.4 Å². The van der Waals surface area contributed by atoms with Crippen molar-refractivity contribution in [2.45, 2.75) is 115 Å². The van der Waals surface area contributed by atoms with E-state index in [1.165, 1.54) is 37.5 Å². The van der Waals surface area contributed by atoms with Gasteiger partial charge in [-0.15, -0.1) is 0 Å². The van der Waals surface area contributed by atoms with Gasteiger partial charge in [-0.3, -0.25) is 19.6 Å². The summed E-state index contributed by atoms with van der Waals surface area (Å²) >= 11 is 0. The second-order valence-corrected chi connectivity index (χ2v) is 18.7. The molecule has 348 valence electrons. The molecule has 0 spiro atoms. The fraction of sp³-hybridized carbons (Fsp3) is 0.462. The lowest BCUT2D eigenvalue weighted by atomic mass is 9.95. The van der Waals surface area contributed by atoms with Gasteiger partial charge in [-0.05, 0) is 108 Å². The number of carbonyl (C=O) groups excluding carboxylic acids is 4. The molecule has 5 aliphatic heterocycles. The van der Waals surface area contributed by atoms with Crippen LogP contribution in [0.3, 0.4) is 0 Å². The van der Waals surface area contributed by atoms with Crippen molar-refractivity contribution in [1.29, 1.82) is 0 Å². The molecule has 13 nitrogen and oxygen atoms in total. The minimum Gasteiger partial charge on any atom is -0.453 e. The van der Waals surface area contributed by atoms with Crippen LogP contribution in [0.5, 0.6) is 0 Å². The summed E-state index contributed by atoms with van der Waals surface area (Å²) in [5.74, 6) is -0.701. The Morgan fingerprint density at radius 2 is 1.00 bits per heavy atom. The summed E-state index contributed by atoms with van der Waals surface area (Å²) in [7, 11) is 2.60. The highest BCUT2D eigenvalue weighted by molar-refractivity contribution is 6.05. The van der Waals surface area contributed by atoms with E-state index in [2.05, 4.69) is 64.1 Å². The molecule has 3 fully saturated rings. The molecule has 8 rings (SSSR count). The van der Waals surface area contributed by atoms with E-state index in [1.807, 2.05) is 62.0 Å². The van der Waals surface area contributed by atoms with Crippen LogP contribution in [0.15, 0.2) is 95.2 Å². The number of nitrogens with zero attached hydrogens (tertiary/aromatic N) is 5. The Morgan fingerprint density at radius 1 is 0.591 bits per heavy atom. The van der Waals surface area contributed by atoms with Gasteiger partial charge < -0.3 is 34.8 Å². The monoisotopic (exact) mass is 899 g/mol. The highest BCUT2D eigenvalue weighted by atomic mass is 19.1. The average Bonchev–Trinajstić information content (AvgIpc) is 4.19. The molecule has 0 aliphatic carbocycles. The van der Waals surface area contributed by atoms with E-state index in [-0.39, 0.29) is 53.6 Å². The van der Waals surface area contributed by atoms with Crippen LogP contribution < -0.4 is 15.5 Å². The number of amides is 4. The highest BCUT2D eigenvalue weighted by Gasteiger charge is 2.41. The van der Waals surface area contributed by atoms with Crippen LogP contribution >= 0.6 is 0 Å². The minimum absolute atomic E-state index is 0.0628. The first-order valence-electron chi connectivity index (χ1n) is 23.4. The molecule has 0 bridgehead atoms. The van der Waals surface area contributed by atoms with Crippen LogP contribution in [0.2, 0.25) is 0 Å². The van der Waals surface area contributed by atoms with Crippen molar-refractivity contribution < 1.29 is 33.0 Å². The largest absolute Gasteiger partial charge is 0.453 e. The summed E-state index contributed by atoms with van der Waals surface area (Å²) in [6.07, 6.45) is 9.13. The standard InChI is InChI=1S/C52H62FN7O6/c1-31(2)47(56-51(63)65-5)49(61)58-25-7-9-45(58)41-27-37(29-54-41)33-11-15-35(16-12-33)43-23-24-44(60(43)40-21-19-39(53)20-22-40)36-17-13-34(14-18-36)38-28-42(55-30-38)46-10-8-26-59(46)50(62)48(32(3)4)57-52(64)66-6/h11-22,29-32,43-48H,7-10,23-28H2,1-6H3,(H,56,63)(H,57,64)/t43-,44+,45-,46-,47-,48-/m0/s1. The van der Waals surface area contributed by atoms with Crippen LogP contribution in [-0.4, -0.2) is 96.7 Å². The fourth-order valence-electron chi connectivity index (χ4n) is 10.4. The minimum atomic E-state index is -0.680. The van der Waals surface area contributed by atoms with Gasteiger partial charge in [-0.1, -0.05) is 76.2 Å². The molecule has 5 aliphatic rings. The van der Waals surface area contributed by atoms with Gasteiger partial charge >= 0.3 is 12.2 Å². The number of aliphatic imine (C=N–C) groups is 2. The van der Waals surface area contributed by atoms with Crippen molar-refractivity contribution >= 4 is 52.3 Å². The van der Waals surface area contributed by atoms with Crippen molar-refractivity contribution in [3.63, 3.8) is 0 Å². The topological polar surface area (TPSA) is 145 Å². The molecule has 0 saturated carbocycles. The van der Waals surface area contributed by atoms with Crippen LogP contribution in [0, 0.1) is 17.7 Å². The van der Waals surface area contributed by atoms with Gasteiger partial charge in [-0.2, -0.15) is 0 Å². The molecule has 3 aromatic rings. The SMILES string of the molecule is COC(=O)N[C@H](C(=O)N1CCC[C@H]1C1=NC=C(c2ccc([C@H]3CC[C@@H](c4ccc(C5=CN=C([C@@H]6CCCN6C(=O)[C@@H](NC(=O)OC)C(C)C)C5)cc4)N3c3ccc(F)cc3)cc2)C1)C(C)C. The number of nitrogens with one attached hydrogen (secondary N) is 2. The van der Waals surface area contributed by atoms with Crippen molar-refractivity contribution in [3.8, 4) is 0 Å². The van der Waals surface area contributed by atoms with E-state index in [0.717, 1.165) is 77.9 Å². The normalized spacial score (nSPS) is 22.5. The van der Waals surface area contributed by atoms with Gasteiger partial charge in [-0.25, -0.2) is 14.0 Å². The van der Waals surface area contributed by atoms with Crippen LogP contribution in [0.25, 0.3) is 11.1 Å². The number of alkyl carbamates (subject to hydrolysis) is 2. The van der Waals surface area contributed by atoms with Crippen LogP contribution in [0.1, 0.15) is 113 Å². The summed E-state index contributed by atoms with van der Waals surface area (Å²) in [5.41, 5.74) is 9.58. The molecule has 0 radical (unpaired) electrons. The number of rotatable bonds is 13. The van der Waals surface area contributed by atoms with Crippen molar-refractivity contribution in [1.82, 2.24) is 20.4 Å². The Balaban J connectivity index is 0.928. The summed E-state index contributed by atoms with van der Waals surface area (Å²) < 4.78 is 23.9. The second-order valence-electron chi connectivity index (χ2n) is 18.7. The maximum absolute atomic E-state index is 14.3. The summed E-state index contributed by atoms with van der Waals surface area (Å²) in [4.78, 5) is 67.4. The van der Waals surface area contributed by atoms with Crippen LogP contribution in [-0.2, 0) is 19.1 Å². The van der Waals surface area contributed by atoms with Gasteiger partial charge in [0.25, 0.3) is 0 Å². The number of methoxy groups -OCH3 is 2. The number of hydrogen-bond acceptors (Lipinski definition) is 9. The predicted molar refractivity (Wildman–Crippen MR) is 254 cm³/mol. The molecular weight excluding hydrogens is 838 g/mol. The number of carbonyl (C=O) groups is 4. The Hall–Kier alpha value is -6.31. The van der Waals surface area contributed by atoms with E-state index in [1.54, 1.807) is 0 Å². The lowest BCUT2D eigenvalue weighted by Gasteiger charge is -2.33. The summed E-state index contributed by atoms with van der Waals surface area (Å²) in [6, 6.07) is 22.7. The lowest BCUT2D eigenvalue weighted by Crippen LogP contribution is -2.53. The lowest BCUT2D eigenvalue weighted by molar-refractivity contribution is -0.134. The van der Waals surface area contributed by atoms with Gasteiger partial charge in [0.15, 0.2) is 0 Å². The number of allylic oxidation sites excluding steroid dienone is 2. The van der Waals surface area contributed by atoms with Crippen molar-refractivity contribution in [2.24, 2.45) is 21.8 Å². The predicted octanol–water partition coefficient (Wildman–Crippen LogP) is 9.02. The first kappa shape index (κ1) is 46.2. The number of benzene rings is 3. The smallest absolute Gasteiger partial charge is 0.407 e. The Kier molecular flexibility index (Phi) is 14.0. The first-order chi connectivity index (χ1) is 31.8. The number of likely N-dealkylation sites (tertiary alicyclic amines) is 2. The van der Waals surface area contributed by atoms with E-state index < -0.39 is 24.3 Å². The molecule has 2 N–H and O–H groups in total. The Bertz CT molecular complexity index is 2270. The Labute approximate surface area is 387 Å².